The van der Waals surface area contributed by atoms with Crippen molar-refractivity contribution in [1.29, 1.82) is 0 Å². The number of primary sulfonamides is 1. The summed E-state index contributed by atoms with van der Waals surface area (Å²) in [6.07, 6.45) is 2.56. The molecule has 3 N–H and O–H groups in total. The smallest absolute Gasteiger partial charge is 0.213 e. The van der Waals surface area contributed by atoms with E-state index in [0.29, 0.717) is 6.04 Å². The number of nitrogens with zero attached hydrogens (tertiary/aromatic N) is 1. The largest absolute Gasteiger partial charge is 0.381 e. The lowest BCUT2D eigenvalue weighted by atomic mass is 9.84. The Labute approximate surface area is 120 Å². The second-order valence-electron chi connectivity index (χ2n) is 5.89. The standard InChI is InChI=1S/C14H21N3O2S/c15-20(18,19)10-11-1-3-13(4-2-11)16-14-9-17-7-5-12(14)6-8-17/h1-4,12,14,16H,5-10H2,(H2,15,18,19). The Morgan fingerprint density at radius 2 is 1.85 bits per heavy atom. The van der Waals surface area contributed by atoms with Gasteiger partial charge in [0.25, 0.3) is 0 Å². The van der Waals surface area contributed by atoms with Gasteiger partial charge in [0.05, 0.1) is 5.75 Å². The second kappa shape index (κ2) is 5.35. The Morgan fingerprint density at radius 1 is 1.20 bits per heavy atom. The zero-order valence-corrected chi connectivity index (χ0v) is 12.3. The predicted octanol–water partition coefficient (Wildman–Crippen LogP) is 0.981. The highest BCUT2D eigenvalue weighted by Gasteiger charge is 2.33. The summed E-state index contributed by atoms with van der Waals surface area (Å²) < 4.78 is 22.1. The number of piperidine rings is 3. The molecule has 0 spiro atoms. The molecule has 1 aromatic carbocycles. The number of hydrogen-bond donors (Lipinski definition) is 2. The SMILES string of the molecule is NS(=O)(=O)Cc1ccc(NC2CN3CCC2CC3)cc1. The van der Waals surface area contributed by atoms with Crippen LogP contribution in [0.1, 0.15) is 18.4 Å². The van der Waals surface area contributed by atoms with Gasteiger partial charge in [-0.15, -0.1) is 0 Å². The maximum Gasteiger partial charge on any atom is 0.213 e. The van der Waals surface area contributed by atoms with Gasteiger partial charge in [0.15, 0.2) is 0 Å². The number of nitrogens with one attached hydrogen (secondary N) is 1. The molecule has 0 aliphatic carbocycles. The molecule has 2 bridgehead atoms. The third-order valence-electron chi connectivity index (χ3n) is 4.33. The van der Waals surface area contributed by atoms with E-state index in [2.05, 4.69) is 10.2 Å². The van der Waals surface area contributed by atoms with E-state index in [1.165, 1.54) is 25.9 Å². The number of nitrogens with two attached hydrogens (primary N) is 1. The average molecular weight is 295 g/mol. The van der Waals surface area contributed by atoms with Crippen LogP contribution in [0.5, 0.6) is 0 Å². The van der Waals surface area contributed by atoms with Crippen molar-refractivity contribution in [3.8, 4) is 0 Å². The van der Waals surface area contributed by atoms with E-state index >= 15 is 0 Å². The molecule has 0 radical (unpaired) electrons. The zero-order valence-electron chi connectivity index (χ0n) is 11.5. The van der Waals surface area contributed by atoms with Crippen molar-refractivity contribution in [1.82, 2.24) is 4.90 Å². The van der Waals surface area contributed by atoms with Crippen LogP contribution in [0.4, 0.5) is 5.69 Å². The van der Waals surface area contributed by atoms with E-state index in [-0.39, 0.29) is 5.75 Å². The molecule has 3 heterocycles. The Kier molecular flexibility index (Phi) is 3.70. The van der Waals surface area contributed by atoms with Gasteiger partial charge in [-0.3, -0.25) is 0 Å². The van der Waals surface area contributed by atoms with E-state index in [1.807, 2.05) is 24.3 Å². The number of hydrogen-bond acceptors (Lipinski definition) is 4. The predicted molar refractivity (Wildman–Crippen MR) is 79.8 cm³/mol. The fraction of sp³-hybridized carbons (Fsp3) is 0.571. The van der Waals surface area contributed by atoms with Gasteiger partial charge in [-0.25, -0.2) is 13.6 Å². The molecule has 0 aromatic heterocycles. The van der Waals surface area contributed by atoms with Crippen LogP contribution >= 0.6 is 0 Å². The quantitative estimate of drug-likeness (QED) is 0.868. The molecule has 4 rings (SSSR count). The first-order valence-corrected chi connectivity index (χ1v) is 8.79. The first-order valence-electron chi connectivity index (χ1n) is 7.08. The molecule has 3 aliphatic heterocycles. The maximum absolute atomic E-state index is 11.0. The maximum atomic E-state index is 11.0. The van der Waals surface area contributed by atoms with Gasteiger partial charge in [-0.2, -0.15) is 0 Å². The summed E-state index contributed by atoms with van der Waals surface area (Å²) in [5, 5.41) is 8.63. The van der Waals surface area contributed by atoms with Gasteiger partial charge in [0.2, 0.25) is 10.0 Å². The van der Waals surface area contributed by atoms with Crippen LogP contribution in [0.2, 0.25) is 0 Å². The lowest BCUT2D eigenvalue weighted by Gasteiger charge is -2.45. The lowest BCUT2D eigenvalue weighted by molar-refractivity contribution is 0.0975. The number of benzene rings is 1. The summed E-state index contributed by atoms with van der Waals surface area (Å²) >= 11 is 0. The van der Waals surface area contributed by atoms with Crippen LogP contribution < -0.4 is 10.5 Å². The topological polar surface area (TPSA) is 75.4 Å². The molecule has 0 amide bonds. The van der Waals surface area contributed by atoms with Crippen LogP contribution in [0.3, 0.4) is 0 Å². The second-order valence-corrected chi connectivity index (χ2v) is 7.51. The number of rotatable bonds is 4. The minimum Gasteiger partial charge on any atom is -0.381 e. The molecular weight excluding hydrogens is 274 g/mol. The Morgan fingerprint density at radius 3 is 2.35 bits per heavy atom. The summed E-state index contributed by atoms with van der Waals surface area (Å²) in [4.78, 5) is 2.51. The highest BCUT2D eigenvalue weighted by Crippen LogP contribution is 2.29. The van der Waals surface area contributed by atoms with E-state index in [0.717, 1.165) is 23.7 Å². The van der Waals surface area contributed by atoms with Crippen LogP contribution in [0.15, 0.2) is 24.3 Å². The summed E-state index contributed by atoms with van der Waals surface area (Å²) in [6.45, 7) is 3.58. The van der Waals surface area contributed by atoms with Crippen LogP contribution in [0, 0.1) is 5.92 Å². The molecule has 3 aliphatic rings. The molecule has 0 saturated carbocycles. The van der Waals surface area contributed by atoms with Crippen molar-refractivity contribution in [3.05, 3.63) is 29.8 Å². The highest BCUT2D eigenvalue weighted by molar-refractivity contribution is 7.88. The van der Waals surface area contributed by atoms with E-state index in [1.54, 1.807) is 0 Å². The zero-order chi connectivity index (χ0) is 14.2. The lowest BCUT2D eigenvalue weighted by Crippen LogP contribution is -2.53. The summed E-state index contributed by atoms with van der Waals surface area (Å²) in [6, 6.07) is 8.06. The van der Waals surface area contributed by atoms with Crippen molar-refractivity contribution in [3.63, 3.8) is 0 Å². The van der Waals surface area contributed by atoms with Gasteiger partial charge in [-0.05, 0) is 49.5 Å². The number of anilines is 1. The molecule has 6 heteroatoms. The number of sulfonamides is 1. The van der Waals surface area contributed by atoms with Gasteiger partial charge < -0.3 is 10.2 Å². The molecule has 1 atom stereocenters. The van der Waals surface area contributed by atoms with Crippen molar-refractivity contribution >= 4 is 15.7 Å². The molecular formula is C14H21N3O2S. The summed E-state index contributed by atoms with van der Waals surface area (Å²) in [7, 11) is -3.45. The van der Waals surface area contributed by atoms with Crippen molar-refractivity contribution in [2.75, 3.05) is 25.0 Å². The van der Waals surface area contributed by atoms with Gasteiger partial charge in [0.1, 0.15) is 0 Å². The van der Waals surface area contributed by atoms with Crippen molar-refractivity contribution in [2.24, 2.45) is 11.1 Å². The minimum absolute atomic E-state index is 0.104. The molecule has 3 saturated heterocycles. The summed E-state index contributed by atoms with van der Waals surface area (Å²) in [5.74, 6) is 0.664. The first-order chi connectivity index (χ1) is 9.49. The van der Waals surface area contributed by atoms with E-state index < -0.39 is 10.0 Å². The van der Waals surface area contributed by atoms with Gasteiger partial charge in [0, 0.05) is 18.3 Å². The van der Waals surface area contributed by atoms with Gasteiger partial charge in [-0.1, -0.05) is 12.1 Å². The molecule has 20 heavy (non-hydrogen) atoms. The van der Waals surface area contributed by atoms with Crippen LogP contribution in [0.25, 0.3) is 0 Å². The third kappa shape index (κ3) is 3.31. The van der Waals surface area contributed by atoms with E-state index in [4.69, 9.17) is 5.14 Å². The Hall–Kier alpha value is -1.11. The highest BCUT2D eigenvalue weighted by atomic mass is 32.2. The van der Waals surface area contributed by atoms with E-state index in [9.17, 15) is 8.42 Å². The van der Waals surface area contributed by atoms with Gasteiger partial charge >= 0.3 is 0 Å². The Bertz CT molecular complexity index is 563. The average Bonchev–Trinajstić information content (AvgIpc) is 2.41. The first kappa shape index (κ1) is 13.9. The molecule has 3 fully saturated rings. The Balaban J connectivity index is 1.63. The molecule has 1 aromatic rings. The molecule has 110 valence electrons. The normalized spacial score (nSPS) is 29.4. The summed E-state index contributed by atoms with van der Waals surface area (Å²) in [5.41, 5.74) is 1.79. The third-order valence-corrected chi connectivity index (χ3v) is 5.07. The fourth-order valence-electron chi connectivity index (χ4n) is 3.27. The minimum atomic E-state index is -3.45. The van der Waals surface area contributed by atoms with Crippen LogP contribution in [-0.4, -0.2) is 39.0 Å². The monoisotopic (exact) mass is 295 g/mol. The van der Waals surface area contributed by atoms with Crippen LogP contribution in [-0.2, 0) is 15.8 Å². The number of fused-ring (bicyclic) bond motifs is 3. The molecule has 1 unspecified atom stereocenters. The van der Waals surface area contributed by atoms with Crippen molar-refractivity contribution in [2.45, 2.75) is 24.6 Å². The molecule has 5 nitrogen and oxygen atoms in total. The van der Waals surface area contributed by atoms with Crippen molar-refractivity contribution < 1.29 is 8.42 Å². The fourth-order valence-corrected chi connectivity index (χ4v) is 3.93.